The Balaban J connectivity index is 2.05. The zero-order chi connectivity index (χ0) is 18.9. The van der Waals surface area contributed by atoms with Gasteiger partial charge in [0.25, 0.3) is 0 Å². The Morgan fingerprint density at radius 3 is 2.73 bits per heavy atom. The molecule has 1 fully saturated rings. The van der Waals surface area contributed by atoms with Crippen LogP contribution >= 0.6 is 11.6 Å². The van der Waals surface area contributed by atoms with Gasteiger partial charge in [-0.2, -0.15) is 0 Å². The number of carbonyl (C=O) groups is 1. The Morgan fingerprint density at radius 1 is 1.35 bits per heavy atom. The van der Waals surface area contributed by atoms with Crippen molar-refractivity contribution >= 4 is 34.7 Å². The van der Waals surface area contributed by atoms with E-state index < -0.39 is 11.9 Å². The molecular weight excluding hydrogens is 357 g/mol. The van der Waals surface area contributed by atoms with E-state index >= 15 is 4.39 Å². The van der Waals surface area contributed by atoms with Crippen molar-refractivity contribution in [1.82, 2.24) is 9.80 Å². The zero-order valence-corrected chi connectivity index (χ0v) is 16.0. The minimum absolute atomic E-state index is 0.0291. The summed E-state index contributed by atoms with van der Waals surface area (Å²) in [6.45, 7) is 8.94. The van der Waals surface area contributed by atoms with Crippen LogP contribution in [-0.2, 0) is 4.79 Å². The maximum absolute atomic E-state index is 15.1. The zero-order valence-electron chi connectivity index (χ0n) is 15.2. The summed E-state index contributed by atoms with van der Waals surface area (Å²) in [4.78, 5) is 23.3. The Labute approximate surface area is 156 Å². The summed E-state index contributed by atoms with van der Waals surface area (Å²) in [6.07, 6.45) is 0. The van der Waals surface area contributed by atoms with E-state index in [-0.39, 0.29) is 17.0 Å². The first-order valence-corrected chi connectivity index (χ1v) is 8.91. The lowest BCUT2D eigenvalue weighted by Crippen LogP contribution is -2.61. The van der Waals surface area contributed by atoms with Gasteiger partial charge in [-0.1, -0.05) is 18.2 Å². The van der Waals surface area contributed by atoms with Crippen LogP contribution in [0.4, 0.5) is 15.8 Å². The van der Waals surface area contributed by atoms with Gasteiger partial charge in [-0.3, -0.25) is 4.79 Å². The van der Waals surface area contributed by atoms with Crippen LogP contribution in [0.15, 0.2) is 17.4 Å². The normalized spacial score (nSPS) is 25.4. The van der Waals surface area contributed by atoms with Crippen molar-refractivity contribution in [3.05, 3.63) is 34.4 Å². The van der Waals surface area contributed by atoms with E-state index in [9.17, 15) is 4.79 Å². The Hall–Kier alpha value is -2.12. The number of nitrogens with zero attached hydrogens (tertiary/aromatic N) is 4. The van der Waals surface area contributed by atoms with E-state index in [4.69, 9.17) is 11.6 Å². The van der Waals surface area contributed by atoms with E-state index in [2.05, 4.69) is 21.8 Å². The minimum atomic E-state index is -0.432. The molecule has 3 aliphatic heterocycles. The molecule has 1 N–H and O–H groups in total. The number of amides is 1. The Kier molecular flexibility index (Phi) is 3.79. The van der Waals surface area contributed by atoms with Crippen molar-refractivity contribution < 1.29 is 9.18 Å². The summed E-state index contributed by atoms with van der Waals surface area (Å²) in [6, 6.07) is -0.403. The maximum Gasteiger partial charge on any atom is 0.248 e. The molecule has 3 heterocycles. The van der Waals surface area contributed by atoms with E-state index in [1.54, 1.807) is 18.9 Å². The van der Waals surface area contributed by atoms with Crippen LogP contribution < -0.4 is 10.2 Å². The fraction of sp³-hybridized carbons (Fsp3) is 0.444. The molecule has 0 spiro atoms. The van der Waals surface area contributed by atoms with Crippen molar-refractivity contribution in [2.45, 2.75) is 25.9 Å². The lowest BCUT2D eigenvalue weighted by molar-refractivity contribution is -0.122. The first-order chi connectivity index (χ1) is 12.2. The molecule has 2 unspecified atom stereocenters. The van der Waals surface area contributed by atoms with Gasteiger partial charge >= 0.3 is 0 Å². The molecule has 0 aromatic heterocycles. The quantitative estimate of drug-likeness (QED) is 0.754. The van der Waals surface area contributed by atoms with Crippen LogP contribution in [0.25, 0.3) is 0 Å². The fourth-order valence-corrected chi connectivity index (χ4v) is 4.32. The molecule has 1 saturated heterocycles. The van der Waals surface area contributed by atoms with Gasteiger partial charge in [-0.25, -0.2) is 9.38 Å². The molecule has 2 atom stereocenters. The number of hydrogen-bond acceptors (Lipinski definition) is 5. The van der Waals surface area contributed by atoms with E-state index in [1.165, 1.54) is 0 Å². The summed E-state index contributed by atoms with van der Waals surface area (Å²) in [5.74, 6) is 0.407. The molecule has 26 heavy (non-hydrogen) atoms. The summed E-state index contributed by atoms with van der Waals surface area (Å²) in [7, 11) is 3.70. The average molecular weight is 378 g/mol. The first kappa shape index (κ1) is 17.3. The molecule has 0 bridgehead atoms. The maximum atomic E-state index is 15.1. The van der Waals surface area contributed by atoms with Gasteiger partial charge in [-0.15, -0.1) is 0 Å². The van der Waals surface area contributed by atoms with Gasteiger partial charge in [0.1, 0.15) is 17.7 Å². The summed E-state index contributed by atoms with van der Waals surface area (Å²) < 4.78 is 15.1. The largest absolute Gasteiger partial charge is 0.339 e. The molecule has 3 aliphatic rings. The van der Waals surface area contributed by atoms with Gasteiger partial charge in [0.15, 0.2) is 5.82 Å². The van der Waals surface area contributed by atoms with Crippen LogP contribution in [0.2, 0.25) is 5.02 Å². The third kappa shape index (κ3) is 2.20. The molecule has 1 aromatic rings. The van der Waals surface area contributed by atoms with Crippen molar-refractivity contribution in [1.29, 1.82) is 0 Å². The number of nitrogens with one attached hydrogen (secondary N) is 1. The molecule has 1 aromatic carbocycles. The number of halogens is 2. The Morgan fingerprint density at radius 2 is 2.04 bits per heavy atom. The van der Waals surface area contributed by atoms with Crippen molar-refractivity contribution in [3.63, 3.8) is 0 Å². The topological polar surface area (TPSA) is 51.2 Å². The highest BCUT2D eigenvalue weighted by Gasteiger charge is 2.44. The number of aliphatic imine (C=N–C) groups is 1. The molecule has 0 aliphatic carbocycles. The standard InChI is InChI=1S/C18H21ClFN5O/c1-8-6-23(4)7-11-18(26)22-15-12-16(14(20)9(2)13(15)19)24(5)10(3)21-17(12)25(8)11/h8,11H,3,6-7H2,1-2,4-5H3,(H,22,26). The second-order valence-electron chi connectivity index (χ2n) is 7.24. The third-order valence-electron chi connectivity index (χ3n) is 5.42. The SMILES string of the molecule is C=C1N=C2c3c(c(Cl)c(C)c(F)c3N1C)NC(=O)C1CN(C)CC(C)N21. The number of carbonyl (C=O) groups excluding carboxylic acids is 1. The van der Waals surface area contributed by atoms with E-state index in [0.29, 0.717) is 40.7 Å². The molecule has 1 amide bonds. The number of rotatable bonds is 0. The Bertz CT molecular complexity index is 883. The lowest BCUT2D eigenvalue weighted by Gasteiger charge is -2.45. The summed E-state index contributed by atoms with van der Waals surface area (Å²) in [5, 5.41) is 3.14. The van der Waals surface area contributed by atoms with Gasteiger partial charge in [0.2, 0.25) is 5.91 Å². The number of piperazine rings is 1. The third-order valence-corrected chi connectivity index (χ3v) is 5.89. The monoisotopic (exact) mass is 377 g/mol. The fourth-order valence-electron chi connectivity index (χ4n) is 4.09. The van der Waals surface area contributed by atoms with Crippen molar-refractivity contribution in [2.75, 3.05) is 37.4 Å². The first-order valence-electron chi connectivity index (χ1n) is 8.53. The molecule has 138 valence electrons. The van der Waals surface area contributed by atoms with Gasteiger partial charge in [-0.05, 0) is 20.9 Å². The smallest absolute Gasteiger partial charge is 0.248 e. The molecule has 8 heteroatoms. The van der Waals surface area contributed by atoms with E-state index in [0.717, 1.165) is 6.54 Å². The summed E-state index contributed by atoms with van der Waals surface area (Å²) >= 11 is 6.44. The van der Waals surface area contributed by atoms with E-state index in [1.807, 2.05) is 18.9 Å². The number of amidine groups is 1. The van der Waals surface area contributed by atoms with Crippen LogP contribution in [0.3, 0.4) is 0 Å². The molecule has 0 saturated carbocycles. The van der Waals surface area contributed by atoms with Gasteiger partial charge in [0.05, 0.1) is 22.0 Å². The number of hydrogen-bond donors (Lipinski definition) is 1. The van der Waals surface area contributed by atoms with Gasteiger partial charge in [0, 0.05) is 31.7 Å². The van der Waals surface area contributed by atoms with Crippen LogP contribution in [0.5, 0.6) is 0 Å². The van der Waals surface area contributed by atoms with Crippen LogP contribution in [0.1, 0.15) is 18.1 Å². The minimum Gasteiger partial charge on any atom is -0.339 e. The van der Waals surface area contributed by atoms with Gasteiger partial charge < -0.3 is 20.0 Å². The average Bonchev–Trinajstić information content (AvgIpc) is 2.69. The number of anilines is 2. The predicted octanol–water partition coefficient (Wildman–Crippen LogP) is 2.41. The number of benzene rings is 1. The molecule has 6 nitrogen and oxygen atoms in total. The van der Waals surface area contributed by atoms with Crippen molar-refractivity contribution in [3.8, 4) is 0 Å². The predicted molar refractivity (Wildman–Crippen MR) is 101 cm³/mol. The summed E-state index contributed by atoms with van der Waals surface area (Å²) in [5.41, 5.74) is 1.60. The second-order valence-corrected chi connectivity index (χ2v) is 7.62. The van der Waals surface area contributed by atoms with Crippen molar-refractivity contribution in [2.24, 2.45) is 4.99 Å². The number of fused-ring (bicyclic) bond motifs is 2. The van der Waals surface area contributed by atoms with Crippen LogP contribution in [0, 0.1) is 12.7 Å². The second kappa shape index (κ2) is 5.69. The lowest BCUT2D eigenvalue weighted by atomic mass is 10.00. The molecular formula is C18H21ClFN5O. The van der Waals surface area contributed by atoms with Crippen LogP contribution in [-0.4, -0.2) is 60.8 Å². The molecule has 0 radical (unpaired) electrons. The number of likely N-dealkylation sites (N-methyl/N-ethyl adjacent to an activating group) is 1. The highest BCUT2D eigenvalue weighted by Crippen LogP contribution is 2.45. The highest BCUT2D eigenvalue weighted by molar-refractivity contribution is 6.36. The highest BCUT2D eigenvalue weighted by atomic mass is 35.5. The molecule has 4 rings (SSSR count).